The van der Waals surface area contributed by atoms with E-state index in [2.05, 4.69) is 46.8 Å². The summed E-state index contributed by atoms with van der Waals surface area (Å²) >= 11 is 0. The molecule has 0 aromatic carbocycles. The van der Waals surface area contributed by atoms with E-state index in [1.807, 2.05) is 0 Å². The number of ether oxygens (including phenoxy) is 1. The summed E-state index contributed by atoms with van der Waals surface area (Å²) in [5, 5.41) is 0. The van der Waals surface area contributed by atoms with Crippen LogP contribution in [0.5, 0.6) is 0 Å². The molecule has 0 bridgehead atoms. The second kappa shape index (κ2) is 7.12. The van der Waals surface area contributed by atoms with Crippen molar-refractivity contribution in [3.05, 3.63) is 23.3 Å². The van der Waals surface area contributed by atoms with Crippen molar-refractivity contribution < 1.29 is 9.53 Å². The van der Waals surface area contributed by atoms with Gasteiger partial charge in [-0.2, -0.15) is 0 Å². The van der Waals surface area contributed by atoms with Crippen LogP contribution in [-0.4, -0.2) is 17.5 Å². The molecule has 2 rings (SSSR count). The van der Waals surface area contributed by atoms with Crippen molar-refractivity contribution in [1.82, 2.24) is 0 Å². The van der Waals surface area contributed by atoms with Crippen LogP contribution in [0, 0.1) is 11.8 Å². The second-order valence-corrected chi connectivity index (χ2v) is 7.93. The van der Waals surface area contributed by atoms with Gasteiger partial charge in [-0.3, -0.25) is 4.79 Å². The number of carbonyl (C=O) groups is 1. The summed E-state index contributed by atoms with van der Waals surface area (Å²) in [5.41, 5.74) is 2.72. The van der Waals surface area contributed by atoms with Crippen LogP contribution >= 0.6 is 0 Å². The molecule has 1 aliphatic heterocycles. The molecule has 0 radical (unpaired) electrons. The third-order valence-electron chi connectivity index (χ3n) is 5.24. The molecule has 1 fully saturated rings. The van der Waals surface area contributed by atoms with Gasteiger partial charge in [0.15, 0.2) is 0 Å². The molecule has 2 nitrogen and oxygen atoms in total. The topological polar surface area (TPSA) is 29.6 Å². The Balaban J connectivity index is 2.14. The Hall–Kier alpha value is -0.890. The summed E-state index contributed by atoms with van der Waals surface area (Å²) in [6, 6.07) is 0. The molecule has 0 spiro atoms. The van der Waals surface area contributed by atoms with E-state index in [0.29, 0.717) is 36.6 Å². The first-order valence-corrected chi connectivity index (χ1v) is 8.86. The van der Waals surface area contributed by atoms with E-state index in [4.69, 9.17) is 4.74 Å². The minimum atomic E-state index is 0.0700. The Morgan fingerprint density at radius 1 is 1.27 bits per heavy atom. The Morgan fingerprint density at radius 2 is 2.00 bits per heavy atom. The highest BCUT2D eigenvalue weighted by Gasteiger charge is 2.50. The van der Waals surface area contributed by atoms with Crippen LogP contribution in [0.25, 0.3) is 0 Å². The molecule has 0 unspecified atom stereocenters. The van der Waals surface area contributed by atoms with Gasteiger partial charge in [0.1, 0.15) is 5.78 Å². The molecule has 124 valence electrons. The Morgan fingerprint density at radius 3 is 2.68 bits per heavy atom. The molecule has 22 heavy (non-hydrogen) atoms. The molecule has 3 atom stereocenters. The average Bonchev–Trinajstić information content (AvgIpc) is 3.06. The summed E-state index contributed by atoms with van der Waals surface area (Å²) in [6.07, 6.45) is 10.5. The molecule has 0 aromatic rings. The monoisotopic (exact) mass is 304 g/mol. The van der Waals surface area contributed by atoms with Crippen LogP contribution in [-0.2, 0) is 9.53 Å². The van der Waals surface area contributed by atoms with E-state index in [1.54, 1.807) is 0 Å². The average molecular weight is 304 g/mol. The smallest absolute Gasteiger partial charge is 0.137 e. The van der Waals surface area contributed by atoms with Crippen molar-refractivity contribution in [3.63, 3.8) is 0 Å². The van der Waals surface area contributed by atoms with Crippen LogP contribution < -0.4 is 0 Å². The Labute approximate surface area is 136 Å². The van der Waals surface area contributed by atoms with Crippen LogP contribution in [0.4, 0.5) is 0 Å². The lowest BCUT2D eigenvalue weighted by molar-refractivity contribution is -0.119. The van der Waals surface area contributed by atoms with Crippen LogP contribution in [0.15, 0.2) is 23.3 Å². The molecular weight excluding hydrogens is 272 g/mol. The standard InChI is InChI=1S/C20H32O2/c1-14(2)17-8-6-15(3)12-18(21)13-16(4)7-9-19-20(5,22-19)11-10-17/h6,8,14,16,19H,7,9-13H2,1-5H3/b15-6-,17-8+/t16-,19+,20-/m0/s1. The first kappa shape index (κ1) is 17.5. The van der Waals surface area contributed by atoms with Crippen molar-refractivity contribution in [2.24, 2.45) is 11.8 Å². The van der Waals surface area contributed by atoms with Gasteiger partial charge in [0, 0.05) is 12.8 Å². The molecule has 0 aromatic heterocycles. The number of epoxide rings is 1. The number of carbonyl (C=O) groups excluding carboxylic acids is 1. The van der Waals surface area contributed by atoms with E-state index in [0.717, 1.165) is 25.7 Å². The maximum atomic E-state index is 12.2. The van der Waals surface area contributed by atoms with E-state index >= 15 is 0 Å². The normalized spacial score (nSPS) is 39.3. The van der Waals surface area contributed by atoms with Crippen molar-refractivity contribution in [2.45, 2.75) is 84.8 Å². The maximum Gasteiger partial charge on any atom is 0.137 e. The van der Waals surface area contributed by atoms with Gasteiger partial charge in [-0.25, -0.2) is 0 Å². The zero-order chi connectivity index (χ0) is 16.3. The highest BCUT2D eigenvalue weighted by molar-refractivity contribution is 5.80. The highest BCUT2D eigenvalue weighted by Crippen LogP contribution is 2.44. The summed E-state index contributed by atoms with van der Waals surface area (Å²) in [7, 11) is 0. The third kappa shape index (κ3) is 4.81. The number of Topliss-reactive ketones (excluding diaryl/α,β-unsaturated/α-hetero) is 1. The van der Waals surface area contributed by atoms with Gasteiger partial charge in [0.25, 0.3) is 0 Å². The van der Waals surface area contributed by atoms with Gasteiger partial charge >= 0.3 is 0 Å². The summed E-state index contributed by atoms with van der Waals surface area (Å²) in [5.74, 6) is 1.39. The zero-order valence-electron chi connectivity index (χ0n) is 14.9. The lowest BCUT2D eigenvalue weighted by Crippen LogP contribution is -2.13. The van der Waals surface area contributed by atoms with Gasteiger partial charge in [-0.15, -0.1) is 0 Å². The minimum Gasteiger partial charge on any atom is -0.366 e. The van der Waals surface area contributed by atoms with Crippen molar-refractivity contribution in [2.75, 3.05) is 0 Å². The molecule has 1 aliphatic carbocycles. The molecule has 0 N–H and O–H groups in total. The number of allylic oxidation sites excluding steroid dienone is 4. The number of rotatable bonds is 1. The number of ketones is 1. The van der Waals surface area contributed by atoms with Gasteiger partial charge in [-0.05, 0) is 51.4 Å². The van der Waals surface area contributed by atoms with Crippen molar-refractivity contribution in [1.29, 1.82) is 0 Å². The zero-order valence-corrected chi connectivity index (χ0v) is 14.9. The van der Waals surface area contributed by atoms with Crippen molar-refractivity contribution >= 4 is 5.78 Å². The number of fused-ring (bicyclic) bond motifs is 1. The second-order valence-electron chi connectivity index (χ2n) is 7.93. The lowest BCUT2D eigenvalue weighted by Gasteiger charge is -2.15. The van der Waals surface area contributed by atoms with Gasteiger partial charge in [0.05, 0.1) is 11.7 Å². The fourth-order valence-electron chi connectivity index (χ4n) is 3.45. The predicted octanol–water partition coefficient (Wildman–Crippen LogP) is 5.23. The van der Waals surface area contributed by atoms with Gasteiger partial charge in [-0.1, -0.05) is 44.1 Å². The molecule has 1 heterocycles. The maximum absolute atomic E-state index is 12.2. The lowest BCUT2D eigenvalue weighted by atomic mass is 9.88. The van der Waals surface area contributed by atoms with Crippen LogP contribution in [0.1, 0.15) is 73.1 Å². The predicted molar refractivity (Wildman–Crippen MR) is 91.8 cm³/mol. The first-order chi connectivity index (χ1) is 10.3. The van der Waals surface area contributed by atoms with E-state index in [9.17, 15) is 4.79 Å². The van der Waals surface area contributed by atoms with Gasteiger partial charge < -0.3 is 4.74 Å². The quantitative estimate of drug-likeness (QED) is 0.621. The van der Waals surface area contributed by atoms with Crippen LogP contribution in [0.3, 0.4) is 0 Å². The fourth-order valence-corrected chi connectivity index (χ4v) is 3.45. The number of hydrogen-bond donors (Lipinski definition) is 0. The highest BCUT2D eigenvalue weighted by atomic mass is 16.6. The summed E-state index contributed by atoms with van der Waals surface area (Å²) < 4.78 is 5.98. The van der Waals surface area contributed by atoms with E-state index in [1.165, 1.54) is 11.1 Å². The molecule has 1 saturated heterocycles. The fraction of sp³-hybridized carbons (Fsp3) is 0.750. The largest absolute Gasteiger partial charge is 0.366 e. The summed E-state index contributed by atoms with van der Waals surface area (Å²) in [6.45, 7) is 11.0. The molecule has 0 amide bonds. The Bertz CT molecular complexity index is 472. The van der Waals surface area contributed by atoms with E-state index < -0.39 is 0 Å². The van der Waals surface area contributed by atoms with Crippen LogP contribution in [0.2, 0.25) is 0 Å². The third-order valence-corrected chi connectivity index (χ3v) is 5.24. The molecule has 0 saturated carbocycles. The first-order valence-electron chi connectivity index (χ1n) is 8.86. The SMILES string of the molecule is C/C1=C/C=C(/C(C)C)CC[C@]2(C)O[C@@H]2CC[C@H](C)CC(=O)C1. The molecular formula is C20H32O2. The Kier molecular flexibility index (Phi) is 5.65. The number of hydrogen-bond acceptors (Lipinski definition) is 2. The van der Waals surface area contributed by atoms with Gasteiger partial charge in [0.2, 0.25) is 0 Å². The minimum absolute atomic E-state index is 0.0700. The van der Waals surface area contributed by atoms with E-state index in [-0.39, 0.29) is 5.60 Å². The molecule has 2 aliphatic rings. The summed E-state index contributed by atoms with van der Waals surface area (Å²) in [4.78, 5) is 12.2. The molecule has 2 heteroatoms. The van der Waals surface area contributed by atoms with Crippen molar-refractivity contribution in [3.8, 4) is 0 Å².